The van der Waals surface area contributed by atoms with Gasteiger partial charge in [0.1, 0.15) is 12.4 Å². The Morgan fingerprint density at radius 3 is 2.74 bits per heavy atom. The van der Waals surface area contributed by atoms with Gasteiger partial charge in [-0.2, -0.15) is 0 Å². The van der Waals surface area contributed by atoms with Crippen LogP contribution in [0.2, 0.25) is 0 Å². The van der Waals surface area contributed by atoms with Crippen LogP contribution >= 0.6 is 27.3 Å². The summed E-state index contributed by atoms with van der Waals surface area (Å²) in [6.07, 6.45) is 1.79. The zero-order valence-electron chi connectivity index (χ0n) is 18.2. The van der Waals surface area contributed by atoms with Gasteiger partial charge in [0, 0.05) is 22.2 Å². The molecule has 0 saturated heterocycles. The normalized spacial score (nSPS) is 12.0. The van der Waals surface area contributed by atoms with Crippen molar-refractivity contribution in [3.63, 3.8) is 0 Å². The number of aryl methyl sites for hydroxylation is 2. The number of fused-ring (bicyclic) bond motifs is 3. The molecule has 5 aromatic rings. The molecule has 9 heteroatoms. The molecule has 0 saturated carbocycles. The number of hydrogen-bond donors (Lipinski definition) is 0. The van der Waals surface area contributed by atoms with Crippen molar-refractivity contribution in [1.29, 1.82) is 0 Å². The Balaban J connectivity index is 1.55. The number of nitrogens with zero attached hydrogens (tertiary/aromatic N) is 3. The molecule has 0 spiro atoms. The zero-order chi connectivity index (χ0) is 24.0. The Kier molecular flexibility index (Phi) is 5.66. The van der Waals surface area contributed by atoms with Crippen LogP contribution in [0.4, 0.5) is 5.69 Å². The van der Waals surface area contributed by atoms with E-state index in [1.54, 1.807) is 28.7 Å². The average Bonchev–Trinajstić information content (AvgIpc) is 3.29. The van der Waals surface area contributed by atoms with Crippen LogP contribution in [-0.4, -0.2) is 14.3 Å². The topological polar surface area (TPSA) is 86.7 Å². The van der Waals surface area contributed by atoms with Crippen molar-refractivity contribution in [2.24, 2.45) is 0 Å². The van der Waals surface area contributed by atoms with Crippen molar-refractivity contribution >= 4 is 55.0 Å². The second-order valence-electron chi connectivity index (χ2n) is 7.97. The maximum absolute atomic E-state index is 13.3. The maximum Gasteiger partial charge on any atom is 0.274 e. The summed E-state index contributed by atoms with van der Waals surface area (Å²) in [7, 11) is 0. The molecule has 0 unspecified atom stereocenters. The molecule has 0 aliphatic rings. The molecule has 0 fully saturated rings. The summed E-state index contributed by atoms with van der Waals surface area (Å²) in [6, 6.07) is 15.8. The quantitative estimate of drug-likeness (QED) is 0.224. The van der Waals surface area contributed by atoms with E-state index in [4.69, 9.17) is 4.74 Å². The predicted molar refractivity (Wildman–Crippen MR) is 137 cm³/mol. The Hall–Kier alpha value is -3.56. The number of halogens is 1. The lowest BCUT2D eigenvalue weighted by molar-refractivity contribution is -0.384. The van der Waals surface area contributed by atoms with E-state index in [2.05, 4.69) is 20.9 Å². The average molecular weight is 536 g/mol. The molecule has 0 aliphatic carbocycles. The van der Waals surface area contributed by atoms with Crippen molar-refractivity contribution in [2.45, 2.75) is 20.5 Å². The number of benzene rings is 3. The number of non-ortho nitro benzene ring substituents is 1. The van der Waals surface area contributed by atoms with Crippen LogP contribution in [0.15, 0.2) is 63.9 Å². The highest BCUT2D eigenvalue weighted by atomic mass is 79.9. The lowest BCUT2D eigenvalue weighted by Crippen LogP contribution is -2.22. The molecule has 7 nitrogen and oxygen atoms in total. The van der Waals surface area contributed by atoms with Crippen LogP contribution in [0.3, 0.4) is 0 Å². The van der Waals surface area contributed by atoms with Crippen molar-refractivity contribution in [2.75, 3.05) is 0 Å². The summed E-state index contributed by atoms with van der Waals surface area (Å²) in [5.74, 6) is 0.566. The number of nitro groups is 1. The van der Waals surface area contributed by atoms with Crippen LogP contribution in [0, 0.1) is 24.0 Å². The fraction of sp³-hybridized carbons (Fsp3) is 0.120. The van der Waals surface area contributed by atoms with Gasteiger partial charge in [0.15, 0.2) is 4.96 Å². The van der Waals surface area contributed by atoms with E-state index < -0.39 is 4.92 Å². The fourth-order valence-corrected chi connectivity index (χ4v) is 5.10. The van der Waals surface area contributed by atoms with E-state index in [0.29, 0.717) is 20.8 Å². The number of aromatic nitrogens is 2. The van der Waals surface area contributed by atoms with Crippen LogP contribution in [0.1, 0.15) is 22.3 Å². The second-order valence-corrected chi connectivity index (χ2v) is 9.89. The largest absolute Gasteiger partial charge is 0.488 e. The third kappa shape index (κ3) is 4.08. The van der Waals surface area contributed by atoms with E-state index in [1.165, 1.54) is 23.5 Å². The number of ether oxygens (including phenoxy) is 1. The molecule has 2 heterocycles. The molecule has 2 aromatic heterocycles. The Labute approximate surface area is 206 Å². The van der Waals surface area contributed by atoms with Gasteiger partial charge < -0.3 is 4.74 Å². The molecule has 170 valence electrons. The highest BCUT2D eigenvalue weighted by Gasteiger charge is 2.13. The highest BCUT2D eigenvalue weighted by Crippen LogP contribution is 2.26. The number of rotatable bonds is 5. The third-order valence-corrected chi connectivity index (χ3v) is 7.09. The lowest BCUT2D eigenvalue weighted by atomic mass is 10.1. The standard InChI is InChI=1S/C25H18BrN3O4S/c1-14-8-20-21(9-15(14)2)28-24(30)23(34-25(28)27-20)12-17-11-18(26)6-7-22(17)33-13-16-4-3-5-19(10-16)29(31)32/h3-12H,13H2,1-2H3/b23-12-. The number of hydrogen-bond acceptors (Lipinski definition) is 6. The van der Waals surface area contributed by atoms with Gasteiger partial charge in [-0.05, 0) is 66.9 Å². The van der Waals surface area contributed by atoms with Gasteiger partial charge >= 0.3 is 0 Å². The van der Waals surface area contributed by atoms with E-state index >= 15 is 0 Å². The van der Waals surface area contributed by atoms with E-state index in [-0.39, 0.29) is 17.9 Å². The molecule has 0 radical (unpaired) electrons. The van der Waals surface area contributed by atoms with Gasteiger partial charge in [0.05, 0.1) is 20.5 Å². The van der Waals surface area contributed by atoms with Gasteiger partial charge in [-0.1, -0.05) is 39.4 Å². The van der Waals surface area contributed by atoms with E-state index in [9.17, 15) is 14.9 Å². The first-order valence-corrected chi connectivity index (χ1v) is 12.0. The molecular weight excluding hydrogens is 518 g/mol. The maximum atomic E-state index is 13.3. The van der Waals surface area contributed by atoms with Crippen LogP contribution in [-0.2, 0) is 6.61 Å². The van der Waals surface area contributed by atoms with Crippen molar-refractivity contribution in [3.05, 3.63) is 106 Å². The molecule has 0 N–H and O–H groups in total. The third-order valence-electron chi connectivity index (χ3n) is 5.63. The number of thiazole rings is 1. The summed E-state index contributed by atoms with van der Waals surface area (Å²) in [5.41, 5.74) is 5.13. The highest BCUT2D eigenvalue weighted by molar-refractivity contribution is 9.10. The Morgan fingerprint density at radius 2 is 1.94 bits per heavy atom. The van der Waals surface area contributed by atoms with Crippen LogP contribution in [0.25, 0.3) is 22.1 Å². The van der Waals surface area contributed by atoms with E-state index in [1.807, 2.05) is 38.1 Å². The van der Waals surface area contributed by atoms with Crippen LogP contribution in [0.5, 0.6) is 5.75 Å². The fourth-order valence-electron chi connectivity index (χ4n) is 3.74. The molecule has 0 atom stereocenters. The summed E-state index contributed by atoms with van der Waals surface area (Å²) in [5, 5.41) is 11.0. The molecule has 34 heavy (non-hydrogen) atoms. The number of imidazole rings is 1. The molecule has 5 rings (SSSR count). The minimum absolute atomic E-state index is 0.0132. The summed E-state index contributed by atoms with van der Waals surface area (Å²) >= 11 is 4.81. The first-order valence-electron chi connectivity index (χ1n) is 10.4. The van der Waals surface area contributed by atoms with Crippen molar-refractivity contribution < 1.29 is 9.66 Å². The van der Waals surface area contributed by atoms with Gasteiger partial charge in [0.25, 0.3) is 11.2 Å². The Morgan fingerprint density at radius 1 is 1.15 bits per heavy atom. The summed E-state index contributed by atoms with van der Waals surface area (Å²) in [4.78, 5) is 29.2. The molecule has 0 bridgehead atoms. The minimum atomic E-state index is -0.433. The number of nitro benzene ring substituents is 1. The summed E-state index contributed by atoms with van der Waals surface area (Å²) < 4.78 is 9.02. The molecule has 0 amide bonds. The van der Waals surface area contributed by atoms with Gasteiger partial charge in [0.2, 0.25) is 0 Å². The van der Waals surface area contributed by atoms with Crippen molar-refractivity contribution in [3.8, 4) is 5.75 Å². The van der Waals surface area contributed by atoms with Crippen LogP contribution < -0.4 is 14.8 Å². The molecule has 0 aliphatic heterocycles. The molecule has 3 aromatic carbocycles. The lowest BCUT2D eigenvalue weighted by Gasteiger charge is -2.10. The van der Waals surface area contributed by atoms with Gasteiger partial charge in [-0.15, -0.1) is 0 Å². The van der Waals surface area contributed by atoms with Gasteiger partial charge in [-0.25, -0.2) is 9.38 Å². The van der Waals surface area contributed by atoms with Crippen molar-refractivity contribution in [1.82, 2.24) is 9.38 Å². The first kappa shape index (κ1) is 22.2. The minimum Gasteiger partial charge on any atom is -0.488 e. The van der Waals surface area contributed by atoms with E-state index in [0.717, 1.165) is 32.2 Å². The SMILES string of the molecule is Cc1cc2nc3s/c(=C\c4cc(Br)ccc4OCc4cccc([N+](=O)[O-])c4)c(=O)n3c2cc1C. The smallest absolute Gasteiger partial charge is 0.274 e. The monoisotopic (exact) mass is 535 g/mol. The Bertz CT molecular complexity index is 1710. The first-order chi connectivity index (χ1) is 16.3. The van der Waals surface area contributed by atoms with Gasteiger partial charge in [-0.3, -0.25) is 14.9 Å². The predicted octanol–water partition coefficient (Wildman–Crippen LogP) is 5.32. The zero-order valence-corrected chi connectivity index (χ0v) is 20.6. The second kappa shape index (κ2) is 8.66. The molecular formula is C25H18BrN3O4S. The summed E-state index contributed by atoms with van der Waals surface area (Å²) in [6.45, 7) is 4.21.